The highest BCUT2D eigenvalue weighted by molar-refractivity contribution is 5.70. The summed E-state index contributed by atoms with van der Waals surface area (Å²) in [4.78, 5) is 25.6. The van der Waals surface area contributed by atoms with E-state index in [1.54, 1.807) is 4.90 Å². The Hall–Kier alpha value is -2.24. The zero-order valence-corrected chi connectivity index (χ0v) is 14.3. The number of nitrogens with one attached hydrogen (secondary N) is 1. The molecule has 6 nitrogen and oxygen atoms in total. The average molecular weight is 332 g/mol. The minimum absolute atomic E-state index is 0.109. The largest absolute Gasteiger partial charge is 0.445 e. The van der Waals surface area contributed by atoms with Crippen LogP contribution in [0, 0.1) is 11.8 Å². The van der Waals surface area contributed by atoms with Gasteiger partial charge in [0.1, 0.15) is 12.2 Å². The molecule has 1 aliphatic carbocycles. The van der Waals surface area contributed by atoms with Gasteiger partial charge in [-0.3, -0.25) is 0 Å². The standard InChI is InChI=1S/C18H24N2O4/c1-18(2,3)24-16(21)19-15-13-9-20(10-14(13)15)17(22)23-11-12-7-5-4-6-8-12/h4-8,13-15H,9-11H2,1-3H3,(H,19,21)/t13-,14+,15-. The molecule has 0 radical (unpaired) electrons. The monoisotopic (exact) mass is 332 g/mol. The van der Waals surface area contributed by atoms with Crippen molar-refractivity contribution in [1.29, 1.82) is 0 Å². The number of fused-ring (bicyclic) bond motifs is 1. The summed E-state index contributed by atoms with van der Waals surface area (Å²) in [6.07, 6.45) is -0.679. The number of carbonyl (C=O) groups is 2. The molecule has 2 amide bonds. The van der Waals surface area contributed by atoms with Crippen molar-refractivity contribution in [2.45, 2.75) is 39.0 Å². The Balaban J connectivity index is 1.39. The van der Waals surface area contributed by atoms with E-state index in [4.69, 9.17) is 9.47 Å². The molecule has 24 heavy (non-hydrogen) atoms. The summed E-state index contributed by atoms with van der Waals surface area (Å²) in [5.41, 5.74) is 0.473. The summed E-state index contributed by atoms with van der Waals surface area (Å²) in [6.45, 7) is 7.04. The molecule has 0 spiro atoms. The van der Waals surface area contributed by atoms with Crippen molar-refractivity contribution in [3.05, 3.63) is 35.9 Å². The molecule has 1 heterocycles. The minimum atomic E-state index is -0.499. The van der Waals surface area contributed by atoms with Gasteiger partial charge in [0.15, 0.2) is 0 Å². The number of hydrogen-bond acceptors (Lipinski definition) is 4. The molecular weight excluding hydrogens is 308 g/mol. The van der Waals surface area contributed by atoms with Gasteiger partial charge in [0, 0.05) is 31.0 Å². The van der Waals surface area contributed by atoms with Gasteiger partial charge in [-0.15, -0.1) is 0 Å². The molecule has 1 saturated carbocycles. The van der Waals surface area contributed by atoms with Crippen LogP contribution < -0.4 is 5.32 Å². The van der Waals surface area contributed by atoms with E-state index in [0.29, 0.717) is 24.9 Å². The van der Waals surface area contributed by atoms with Crippen molar-refractivity contribution in [2.24, 2.45) is 11.8 Å². The molecule has 3 atom stereocenters. The molecule has 0 aromatic heterocycles. The van der Waals surface area contributed by atoms with E-state index in [2.05, 4.69) is 5.32 Å². The summed E-state index contributed by atoms with van der Waals surface area (Å²) >= 11 is 0. The summed E-state index contributed by atoms with van der Waals surface area (Å²) in [7, 11) is 0. The Bertz CT molecular complexity index is 599. The fourth-order valence-electron chi connectivity index (χ4n) is 3.14. The van der Waals surface area contributed by atoms with Gasteiger partial charge >= 0.3 is 12.2 Å². The van der Waals surface area contributed by atoms with Crippen LogP contribution in [0.4, 0.5) is 9.59 Å². The number of rotatable bonds is 3. The molecule has 1 saturated heterocycles. The highest BCUT2D eigenvalue weighted by Crippen LogP contribution is 2.45. The van der Waals surface area contributed by atoms with E-state index in [-0.39, 0.29) is 24.8 Å². The molecule has 0 bridgehead atoms. The lowest BCUT2D eigenvalue weighted by atomic mass is 10.2. The third-order valence-electron chi connectivity index (χ3n) is 4.34. The number of carbonyl (C=O) groups excluding carboxylic acids is 2. The molecule has 1 aliphatic heterocycles. The highest BCUT2D eigenvalue weighted by Gasteiger charge is 2.58. The molecule has 1 aromatic carbocycles. The Morgan fingerprint density at radius 2 is 1.79 bits per heavy atom. The summed E-state index contributed by atoms with van der Waals surface area (Å²) < 4.78 is 10.6. The first-order chi connectivity index (χ1) is 11.3. The molecular formula is C18H24N2O4. The number of nitrogens with zero attached hydrogens (tertiary/aromatic N) is 1. The zero-order chi connectivity index (χ0) is 17.3. The second-order valence-corrected chi connectivity index (χ2v) is 7.44. The van der Waals surface area contributed by atoms with Crippen molar-refractivity contribution < 1.29 is 19.1 Å². The van der Waals surface area contributed by atoms with Gasteiger partial charge in [0.2, 0.25) is 0 Å². The molecule has 3 rings (SSSR count). The van der Waals surface area contributed by atoms with Crippen LogP contribution in [0.25, 0.3) is 0 Å². The minimum Gasteiger partial charge on any atom is -0.445 e. The van der Waals surface area contributed by atoms with Crippen LogP contribution in [-0.2, 0) is 16.1 Å². The van der Waals surface area contributed by atoms with Gasteiger partial charge < -0.3 is 19.7 Å². The summed E-state index contributed by atoms with van der Waals surface area (Å²) in [6, 6.07) is 9.72. The van der Waals surface area contributed by atoms with Crippen molar-refractivity contribution in [3.8, 4) is 0 Å². The second-order valence-electron chi connectivity index (χ2n) is 7.44. The van der Waals surface area contributed by atoms with E-state index in [9.17, 15) is 9.59 Å². The van der Waals surface area contributed by atoms with E-state index in [1.165, 1.54) is 0 Å². The highest BCUT2D eigenvalue weighted by atomic mass is 16.6. The lowest BCUT2D eigenvalue weighted by molar-refractivity contribution is 0.0513. The first-order valence-electron chi connectivity index (χ1n) is 8.28. The number of hydrogen-bond donors (Lipinski definition) is 1. The van der Waals surface area contributed by atoms with Crippen LogP contribution in [0.15, 0.2) is 30.3 Å². The van der Waals surface area contributed by atoms with Crippen LogP contribution >= 0.6 is 0 Å². The molecule has 0 unspecified atom stereocenters. The van der Waals surface area contributed by atoms with E-state index in [0.717, 1.165) is 5.56 Å². The van der Waals surface area contributed by atoms with Gasteiger partial charge in [-0.2, -0.15) is 0 Å². The van der Waals surface area contributed by atoms with E-state index in [1.807, 2.05) is 51.1 Å². The van der Waals surface area contributed by atoms with Crippen LogP contribution in [0.1, 0.15) is 26.3 Å². The zero-order valence-electron chi connectivity index (χ0n) is 14.3. The van der Waals surface area contributed by atoms with Crippen molar-refractivity contribution >= 4 is 12.2 Å². The Labute approximate surface area is 142 Å². The lowest BCUT2D eigenvalue weighted by Crippen LogP contribution is -2.39. The molecule has 2 fully saturated rings. The number of likely N-dealkylation sites (tertiary alicyclic amines) is 1. The molecule has 6 heteroatoms. The third-order valence-corrected chi connectivity index (χ3v) is 4.34. The summed E-state index contributed by atoms with van der Waals surface area (Å²) in [5, 5.41) is 2.89. The van der Waals surface area contributed by atoms with Gasteiger partial charge in [0.25, 0.3) is 0 Å². The number of ether oxygens (including phenoxy) is 2. The van der Waals surface area contributed by atoms with Gasteiger partial charge in [-0.05, 0) is 26.3 Å². The van der Waals surface area contributed by atoms with Crippen LogP contribution in [0.3, 0.4) is 0 Å². The Kier molecular flexibility index (Phi) is 4.39. The van der Waals surface area contributed by atoms with Gasteiger partial charge in [0.05, 0.1) is 0 Å². The first kappa shape index (κ1) is 16.6. The van der Waals surface area contributed by atoms with E-state index < -0.39 is 5.60 Å². The first-order valence-corrected chi connectivity index (χ1v) is 8.28. The van der Waals surface area contributed by atoms with Crippen molar-refractivity contribution in [2.75, 3.05) is 13.1 Å². The van der Waals surface area contributed by atoms with Crippen LogP contribution in [0.2, 0.25) is 0 Å². The maximum atomic E-state index is 12.1. The quantitative estimate of drug-likeness (QED) is 0.924. The number of alkyl carbamates (subject to hydrolysis) is 1. The lowest BCUT2D eigenvalue weighted by Gasteiger charge is -2.22. The van der Waals surface area contributed by atoms with Crippen LogP contribution in [0.5, 0.6) is 0 Å². The number of amides is 2. The van der Waals surface area contributed by atoms with Crippen molar-refractivity contribution in [3.63, 3.8) is 0 Å². The average Bonchev–Trinajstić information content (AvgIpc) is 2.95. The maximum Gasteiger partial charge on any atom is 0.410 e. The smallest absolute Gasteiger partial charge is 0.410 e. The Morgan fingerprint density at radius 1 is 1.17 bits per heavy atom. The van der Waals surface area contributed by atoms with Crippen molar-refractivity contribution in [1.82, 2.24) is 10.2 Å². The number of benzene rings is 1. The van der Waals surface area contributed by atoms with Crippen LogP contribution in [-0.4, -0.2) is 41.8 Å². The molecule has 1 aromatic rings. The Morgan fingerprint density at radius 3 is 2.38 bits per heavy atom. The normalized spacial score (nSPS) is 25.0. The molecule has 1 N–H and O–H groups in total. The predicted molar refractivity (Wildman–Crippen MR) is 88.3 cm³/mol. The third kappa shape index (κ3) is 3.99. The van der Waals surface area contributed by atoms with Gasteiger partial charge in [-0.25, -0.2) is 9.59 Å². The maximum absolute atomic E-state index is 12.1. The number of piperidine rings is 1. The molecule has 2 aliphatic rings. The predicted octanol–water partition coefficient (Wildman–Crippen LogP) is 2.78. The molecule has 130 valence electrons. The summed E-state index contributed by atoms with van der Waals surface area (Å²) in [5.74, 6) is 0.614. The van der Waals surface area contributed by atoms with E-state index >= 15 is 0 Å². The van der Waals surface area contributed by atoms with Gasteiger partial charge in [-0.1, -0.05) is 30.3 Å². The fraction of sp³-hybridized carbons (Fsp3) is 0.556. The second kappa shape index (κ2) is 6.34. The fourth-order valence-corrected chi connectivity index (χ4v) is 3.14. The topological polar surface area (TPSA) is 67.9 Å². The SMILES string of the molecule is CC(C)(C)OC(=O)N[C@@H]1[C@@H]2CN(C(=O)OCc3ccccc3)C[C@@H]21.